The molecular weight excluding hydrogens is 433 g/mol. The molecule has 0 aliphatic rings. The highest BCUT2D eigenvalue weighted by Crippen LogP contribution is 2.24. The van der Waals surface area contributed by atoms with Crippen molar-refractivity contribution in [3.63, 3.8) is 0 Å². The van der Waals surface area contributed by atoms with E-state index >= 15 is 0 Å². The fourth-order valence-electron chi connectivity index (χ4n) is 4.11. The summed E-state index contributed by atoms with van der Waals surface area (Å²) in [6.07, 6.45) is 3.63. The molecule has 0 bridgehead atoms. The predicted molar refractivity (Wildman–Crippen MR) is 132 cm³/mol. The van der Waals surface area contributed by atoms with Gasteiger partial charge in [-0.1, -0.05) is 37.3 Å². The lowest BCUT2D eigenvalue weighted by Crippen LogP contribution is -2.33. The fraction of sp³-hybridized carbons (Fsp3) is 0.185. The molecule has 6 heteroatoms. The molecule has 0 unspecified atom stereocenters. The summed E-state index contributed by atoms with van der Waals surface area (Å²) in [6, 6.07) is 20.4. The van der Waals surface area contributed by atoms with Crippen molar-refractivity contribution in [2.45, 2.75) is 19.8 Å². The molecule has 0 spiro atoms. The predicted octanol–water partition coefficient (Wildman–Crippen LogP) is 6.45. The first-order valence-corrected chi connectivity index (χ1v) is 12.0. The number of aromatic nitrogens is 2. The zero-order valence-corrected chi connectivity index (χ0v) is 19.2. The third-order valence-electron chi connectivity index (χ3n) is 5.84. The number of imidazole rings is 1. The molecule has 0 N–H and O–H groups in total. The van der Waals surface area contributed by atoms with Crippen molar-refractivity contribution in [3.8, 4) is 11.3 Å². The molecule has 3 aromatic carbocycles. The largest absolute Gasteiger partial charge is 0.338 e. The molecule has 0 saturated heterocycles. The minimum Gasteiger partial charge on any atom is -0.338 e. The zero-order valence-electron chi connectivity index (χ0n) is 18.4. The Morgan fingerprint density at radius 2 is 1.82 bits per heavy atom. The van der Waals surface area contributed by atoms with Crippen LogP contribution in [0.25, 0.3) is 27.0 Å². The van der Waals surface area contributed by atoms with Gasteiger partial charge in [0.15, 0.2) is 4.96 Å². The Kier molecular flexibility index (Phi) is 5.92. The Morgan fingerprint density at radius 3 is 2.61 bits per heavy atom. The summed E-state index contributed by atoms with van der Waals surface area (Å²) in [7, 11) is 0. The summed E-state index contributed by atoms with van der Waals surface area (Å²) in [5.41, 5.74) is 3.54. The number of benzene rings is 3. The number of hydrogen-bond acceptors (Lipinski definition) is 3. The number of thiazole rings is 1. The Balaban J connectivity index is 1.35. The second-order valence-electron chi connectivity index (χ2n) is 8.12. The molecule has 0 aliphatic carbocycles. The van der Waals surface area contributed by atoms with Crippen molar-refractivity contribution in [1.82, 2.24) is 14.3 Å². The zero-order chi connectivity index (χ0) is 22.8. The number of fused-ring (bicyclic) bond motifs is 2. The Hall–Kier alpha value is -3.51. The standard InChI is InChI=1S/C27H24FN3OS/c1-2-14-30(26(32)22-8-7-19-5-3-4-6-21(19)16-22)15-13-24-18-33-27-29-25(17-31(24)27)20-9-11-23(28)12-10-20/h3-12,16-18H,2,13-15H2,1H3. The molecule has 0 atom stereocenters. The highest BCUT2D eigenvalue weighted by atomic mass is 32.1. The second-order valence-corrected chi connectivity index (χ2v) is 8.95. The smallest absolute Gasteiger partial charge is 0.253 e. The molecule has 5 rings (SSSR count). The minimum absolute atomic E-state index is 0.0618. The third-order valence-corrected chi connectivity index (χ3v) is 6.73. The molecule has 4 nitrogen and oxygen atoms in total. The summed E-state index contributed by atoms with van der Waals surface area (Å²) >= 11 is 1.58. The van der Waals surface area contributed by atoms with E-state index in [-0.39, 0.29) is 11.7 Å². The van der Waals surface area contributed by atoms with Gasteiger partial charge in [-0.05, 0) is 53.6 Å². The van der Waals surface area contributed by atoms with Gasteiger partial charge >= 0.3 is 0 Å². The van der Waals surface area contributed by atoms with Crippen LogP contribution >= 0.6 is 11.3 Å². The van der Waals surface area contributed by atoms with Gasteiger partial charge in [0.05, 0.1) is 5.69 Å². The third kappa shape index (κ3) is 4.39. The molecule has 2 aromatic heterocycles. The first kappa shape index (κ1) is 21.3. The van der Waals surface area contributed by atoms with Gasteiger partial charge in [0.25, 0.3) is 5.91 Å². The number of halogens is 1. The van der Waals surface area contributed by atoms with Crippen LogP contribution in [0.3, 0.4) is 0 Å². The monoisotopic (exact) mass is 457 g/mol. The van der Waals surface area contributed by atoms with Gasteiger partial charge in [-0.3, -0.25) is 9.20 Å². The molecule has 0 radical (unpaired) electrons. The number of carbonyl (C=O) groups excluding carboxylic acids is 1. The topological polar surface area (TPSA) is 37.6 Å². The van der Waals surface area contributed by atoms with E-state index in [9.17, 15) is 9.18 Å². The minimum atomic E-state index is -0.257. The molecule has 0 aliphatic heterocycles. The number of nitrogens with zero attached hydrogens (tertiary/aromatic N) is 3. The van der Waals surface area contributed by atoms with Crippen LogP contribution in [-0.4, -0.2) is 33.3 Å². The van der Waals surface area contributed by atoms with Gasteiger partial charge in [-0.25, -0.2) is 9.37 Å². The van der Waals surface area contributed by atoms with Gasteiger partial charge in [0.2, 0.25) is 0 Å². The summed E-state index contributed by atoms with van der Waals surface area (Å²) in [4.78, 5) is 20.8. The van der Waals surface area contributed by atoms with Crippen LogP contribution in [0, 0.1) is 5.82 Å². The van der Waals surface area contributed by atoms with Crippen molar-refractivity contribution >= 4 is 33.0 Å². The van der Waals surface area contributed by atoms with E-state index in [2.05, 4.69) is 27.8 Å². The van der Waals surface area contributed by atoms with Crippen LogP contribution in [0.5, 0.6) is 0 Å². The lowest BCUT2D eigenvalue weighted by Gasteiger charge is -2.22. The quantitative estimate of drug-likeness (QED) is 0.282. The fourth-order valence-corrected chi connectivity index (χ4v) is 5.02. The van der Waals surface area contributed by atoms with Crippen molar-refractivity contribution in [2.24, 2.45) is 0 Å². The maximum atomic E-state index is 13.3. The molecule has 2 heterocycles. The van der Waals surface area contributed by atoms with Crippen molar-refractivity contribution < 1.29 is 9.18 Å². The summed E-state index contributed by atoms with van der Waals surface area (Å²) in [5, 5.41) is 4.31. The van der Waals surface area contributed by atoms with Gasteiger partial charge in [0, 0.05) is 47.9 Å². The molecule has 166 valence electrons. The van der Waals surface area contributed by atoms with Crippen molar-refractivity contribution in [2.75, 3.05) is 13.1 Å². The van der Waals surface area contributed by atoms with Gasteiger partial charge in [-0.15, -0.1) is 11.3 Å². The van der Waals surface area contributed by atoms with Crippen LogP contribution < -0.4 is 0 Å². The van der Waals surface area contributed by atoms with E-state index < -0.39 is 0 Å². The van der Waals surface area contributed by atoms with Crippen molar-refractivity contribution in [3.05, 3.63) is 95.4 Å². The Morgan fingerprint density at radius 1 is 1.03 bits per heavy atom. The van der Waals surface area contributed by atoms with Crippen LogP contribution in [0.15, 0.2) is 78.3 Å². The van der Waals surface area contributed by atoms with Crippen LogP contribution in [-0.2, 0) is 6.42 Å². The number of hydrogen-bond donors (Lipinski definition) is 0. The van der Waals surface area contributed by atoms with Crippen molar-refractivity contribution in [1.29, 1.82) is 0 Å². The van der Waals surface area contributed by atoms with E-state index in [1.165, 1.54) is 12.1 Å². The SMILES string of the molecule is CCCN(CCc1csc2nc(-c3ccc(F)cc3)cn12)C(=O)c1ccc2ccccc2c1. The summed E-state index contributed by atoms with van der Waals surface area (Å²) in [5.74, 6) is -0.195. The number of amides is 1. The molecule has 0 fully saturated rings. The lowest BCUT2D eigenvalue weighted by molar-refractivity contribution is 0.0757. The van der Waals surface area contributed by atoms with Crippen LogP contribution in [0.2, 0.25) is 0 Å². The number of carbonyl (C=O) groups is 1. The molecule has 0 saturated carbocycles. The van der Waals surface area contributed by atoms with E-state index in [1.807, 2.05) is 47.5 Å². The van der Waals surface area contributed by atoms with Gasteiger partial charge in [-0.2, -0.15) is 0 Å². The highest BCUT2D eigenvalue weighted by Gasteiger charge is 2.17. The van der Waals surface area contributed by atoms with E-state index in [4.69, 9.17) is 0 Å². The first-order valence-electron chi connectivity index (χ1n) is 11.1. The van der Waals surface area contributed by atoms with E-state index in [1.54, 1.807) is 23.5 Å². The molecule has 33 heavy (non-hydrogen) atoms. The first-order chi connectivity index (χ1) is 16.1. The maximum absolute atomic E-state index is 13.3. The average molecular weight is 458 g/mol. The Labute approximate surface area is 195 Å². The van der Waals surface area contributed by atoms with Crippen LogP contribution in [0.4, 0.5) is 4.39 Å². The van der Waals surface area contributed by atoms with Gasteiger partial charge in [0.1, 0.15) is 5.82 Å². The molecular formula is C27H24FN3OS. The average Bonchev–Trinajstić information content (AvgIpc) is 3.43. The summed E-state index contributed by atoms with van der Waals surface area (Å²) < 4.78 is 15.3. The normalized spacial score (nSPS) is 11.3. The van der Waals surface area contributed by atoms with Gasteiger partial charge < -0.3 is 4.90 Å². The molecule has 5 aromatic rings. The number of rotatable bonds is 7. The van der Waals surface area contributed by atoms with E-state index in [0.29, 0.717) is 13.1 Å². The summed E-state index contributed by atoms with van der Waals surface area (Å²) in [6.45, 7) is 3.44. The molecule has 1 amide bonds. The van der Waals surface area contributed by atoms with Crippen LogP contribution in [0.1, 0.15) is 29.4 Å². The Bertz CT molecular complexity index is 1420. The second kappa shape index (κ2) is 9.16. The maximum Gasteiger partial charge on any atom is 0.253 e. The lowest BCUT2D eigenvalue weighted by atomic mass is 10.1. The highest BCUT2D eigenvalue weighted by molar-refractivity contribution is 7.15. The van der Waals surface area contributed by atoms with E-state index in [0.717, 1.165) is 51.1 Å².